The van der Waals surface area contributed by atoms with Crippen molar-refractivity contribution in [2.24, 2.45) is 10.7 Å². The van der Waals surface area contributed by atoms with Gasteiger partial charge in [-0.25, -0.2) is 9.79 Å². The van der Waals surface area contributed by atoms with Gasteiger partial charge in [-0.2, -0.15) is 0 Å². The van der Waals surface area contributed by atoms with Crippen molar-refractivity contribution in [1.29, 1.82) is 0 Å². The highest BCUT2D eigenvalue weighted by Gasteiger charge is 2.15. The van der Waals surface area contributed by atoms with Gasteiger partial charge in [0.2, 0.25) is 0 Å². The average Bonchev–Trinajstić information content (AvgIpc) is 2.59. The molecule has 0 atom stereocenters. The van der Waals surface area contributed by atoms with Crippen LogP contribution in [0.3, 0.4) is 0 Å². The van der Waals surface area contributed by atoms with Crippen molar-refractivity contribution >= 4 is 17.7 Å². The summed E-state index contributed by atoms with van der Waals surface area (Å²) in [6.45, 7) is 4.66. The maximum absolute atomic E-state index is 12.3. The number of ether oxygens (including phenoxy) is 1. The molecule has 6 heteroatoms. The van der Waals surface area contributed by atoms with Crippen molar-refractivity contribution in [2.45, 2.75) is 13.8 Å². The summed E-state index contributed by atoms with van der Waals surface area (Å²) in [5.41, 5.74) is 8.68. The Labute approximate surface area is 148 Å². The van der Waals surface area contributed by atoms with E-state index in [1.54, 1.807) is 7.05 Å². The van der Waals surface area contributed by atoms with Gasteiger partial charge < -0.3 is 10.5 Å². The molecule has 0 radical (unpaired) electrons. The number of nitrogens with zero attached hydrogens (tertiary/aromatic N) is 2. The number of aliphatic imine (C=N–C) groups is 1. The number of carbonyl (C=O) groups excluding carboxylic acids is 1. The molecule has 2 aromatic carbocycles. The quantitative estimate of drug-likeness (QED) is 0.499. The number of hydrogen-bond donors (Lipinski definition) is 2. The Kier molecular flexibility index (Phi) is 6.39. The van der Waals surface area contributed by atoms with Crippen LogP contribution in [0.4, 0.5) is 10.5 Å². The minimum atomic E-state index is -0.331. The molecule has 0 saturated carbocycles. The van der Waals surface area contributed by atoms with Gasteiger partial charge in [-0.05, 0) is 37.1 Å². The molecule has 0 bridgehead atoms. The second-order valence-corrected chi connectivity index (χ2v) is 5.66. The number of anilines is 1. The monoisotopic (exact) mass is 340 g/mol. The third-order valence-corrected chi connectivity index (χ3v) is 3.70. The SMILES string of the molecule is Cc1cccc(C)c1N(C)C(=O)NC(N)=NCCOc1ccccc1. The number of aryl methyl sites for hydroxylation is 2. The number of urea groups is 1. The summed E-state index contributed by atoms with van der Waals surface area (Å²) in [5.74, 6) is 0.842. The first-order valence-corrected chi connectivity index (χ1v) is 8.07. The van der Waals surface area contributed by atoms with Crippen molar-refractivity contribution in [3.63, 3.8) is 0 Å². The Bertz CT molecular complexity index is 724. The summed E-state index contributed by atoms with van der Waals surface area (Å²) in [5, 5.41) is 2.59. The standard InChI is InChI=1S/C19H24N4O2/c1-14-8-7-9-15(2)17(14)23(3)19(24)22-18(20)21-12-13-25-16-10-5-4-6-11-16/h4-11H,12-13H2,1-3H3,(H3,20,21,22,24). The fourth-order valence-electron chi connectivity index (χ4n) is 2.52. The molecule has 2 aromatic rings. The Morgan fingerprint density at radius 1 is 1.12 bits per heavy atom. The molecule has 0 saturated heterocycles. The van der Waals surface area contributed by atoms with Gasteiger partial charge in [0, 0.05) is 7.05 Å². The lowest BCUT2D eigenvalue weighted by molar-refractivity contribution is 0.251. The lowest BCUT2D eigenvalue weighted by Crippen LogP contribution is -2.45. The number of para-hydroxylation sites is 2. The van der Waals surface area contributed by atoms with Crippen molar-refractivity contribution < 1.29 is 9.53 Å². The van der Waals surface area contributed by atoms with Crippen LogP contribution in [-0.4, -0.2) is 32.2 Å². The number of nitrogens with one attached hydrogen (secondary N) is 1. The normalized spacial score (nSPS) is 11.1. The lowest BCUT2D eigenvalue weighted by atomic mass is 10.1. The third kappa shape index (κ3) is 5.24. The topological polar surface area (TPSA) is 80.0 Å². The minimum absolute atomic E-state index is 0.0692. The second-order valence-electron chi connectivity index (χ2n) is 5.66. The molecule has 0 heterocycles. The molecule has 132 valence electrons. The van der Waals surface area contributed by atoms with Gasteiger partial charge in [0.1, 0.15) is 12.4 Å². The summed E-state index contributed by atoms with van der Waals surface area (Å²) in [6.07, 6.45) is 0. The molecule has 2 amide bonds. The predicted molar refractivity (Wildman–Crippen MR) is 101 cm³/mol. The summed E-state index contributed by atoms with van der Waals surface area (Å²) in [6, 6.07) is 15.0. The van der Waals surface area contributed by atoms with Crippen LogP contribution in [0.25, 0.3) is 0 Å². The molecule has 2 rings (SSSR count). The van der Waals surface area contributed by atoms with Gasteiger partial charge in [0.25, 0.3) is 0 Å². The molecular weight excluding hydrogens is 316 g/mol. The molecule has 0 aliphatic rings. The van der Waals surface area contributed by atoms with E-state index in [0.29, 0.717) is 13.2 Å². The Balaban J connectivity index is 1.86. The van der Waals surface area contributed by atoms with Crippen LogP contribution < -0.4 is 20.7 Å². The van der Waals surface area contributed by atoms with Crippen LogP contribution in [0, 0.1) is 13.8 Å². The van der Waals surface area contributed by atoms with Crippen LogP contribution in [0.1, 0.15) is 11.1 Å². The van der Waals surface area contributed by atoms with Crippen LogP contribution in [0.5, 0.6) is 5.75 Å². The predicted octanol–water partition coefficient (Wildman–Crippen LogP) is 2.84. The molecule has 0 spiro atoms. The Morgan fingerprint density at radius 2 is 1.76 bits per heavy atom. The highest BCUT2D eigenvalue weighted by Crippen LogP contribution is 2.23. The molecule has 0 aromatic heterocycles. The van der Waals surface area contributed by atoms with E-state index in [2.05, 4.69) is 10.3 Å². The third-order valence-electron chi connectivity index (χ3n) is 3.70. The zero-order valence-electron chi connectivity index (χ0n) is 14.8. The van der Waals surface area contributed by atoms with E-state index in [9.17, 15) is 4.79 Å². The number of benzene rings is 2. The number of amides is 2. The van der Waals surface area contributed by atoms with Gasteiger partial charge in [-0.3, -0.25) is 10.2 Å². The summed E-state index contributed by atoms with van der Waals surface area (Å²) in [4.78, 5) is 18.0. The summed E-state index contributed by atoms with van der Waals surface area (Å²) in [7, 11) is 1.70. The number of guanidine groups is 1. The first kappa shape index (κ1) is 18.3. The first-order chi connectivity index (χ1) is 12.0. The zero-order chi connectivity index (χ0) is 18.2. The van der Waals surface area contributed by atoms with E-state index in [-0.39, 0.29) is 12.0 Å². The molecule has 6 nitrogen and oxygen atoms in total. The summed E-state index contributed by atoms with van der Waals surface area (Å²) < 4.78 is 5.52. The van der Waals surface area contributed by atoms with Gasteiger partial charge >= 0.3 is 6.03 Å². The van der Waals surface area contributed by atoms with E-state index >= 15 is 0 Å². The van der Waals surface area contributed by atoms with E-state index < -0.39 is 0 Å². The van der Waals surface area contributed by atoms with Gasteiger partial charge in [-0.1, -0.05) is 36.4 Å². The molecule has 0 aliphatic heterocycles. The van der Waals surface area contributed by atoms with Crippen molar-refractivity contribution in [3.8, 4) is 5.75 Å². The van der Waals surface area contributed by atoms with E-state index in [0.717, 1.165) is 22.6 Å². The molecule has 0 fully saturated rings. The second kappa shape index (κ2) is 8.73. The molecule has 3 N–H and O–H groups in total. The van der Waals surface area contributed by atoms with Crippen molar-refractivity contribution in [1.82, 2.24) is 5.32 Å². The van der Waals surface area contributed by atoms with E-state index in [4.69, 9.17) is 10.5 Å². The maximum Gasteiger partial charge on any atom is 0.328 e. The van der Waals surface area contributed by atoms with Crippen LogP contribution in [0.2, 0.25) is 0 Å². The largest absolute Gasteiger partial charge is 0.492 e. The van der Waals surface area contributed by atoms with Gasteiger partial charge in [0.05, 0.1) is 12.2 Å². The first-order valence-electron chi connectivity index (χ1n) is 8.07. The maximum atomic E-state index is 12.3. The highest BCUT2D eigenvalue weighted by molar-refractivity contribution is 6.03. The summed E-state index contributed by atoms with van der Waals surface area (Å²) >= 11 is 0. The smallest absolute Gasteiger partial charge is 0.328 e. The molecule has 25 heavy (non-hydrogen) atoms. The van der Waals surface area contributed by atoms with Gasteiger partial charge in [0.15, 0.2) is 5.96 Å². The molecule has 0 aliphatic carbocycles. The average molecular weight is 340 g/mol. The fraction of sp³-hybridized carbons (Fsp3) is 0.263. The minimum Gasteiger partial charge on any atom is -0.492 e. The molecular formula is C19H24N4O2. The van der Waals surface area contributed by atoms with Crippen molar-refractivity contribution in [3.05, 3.63) is 59.7 Å². The van der Waals surface area contributed by atoms with Crippen LogP contribution in [-0.2, 0) is 0 Å². The lowest BCUT2D eigenvalue weighted by Gasteiger charge is -2.22. The van der Waals surface area contributed by atoms with Crippen LogP contribution in [0.15, 0.2) is 53.5 Å². The van der Waals surface area contributed by atoms with Crippen LogP contribution >= 0.6 is 0 Å². The highest BCUT2D eigenvalue weighted by atomic mass is 16.5. The number of nitrogens with two attached hydrogens (primary N) is 1. The number of hydrogen-bond acceptors (Lipinski definition) is 3. The van der Waals surface area contributed by atoms with Gasteiger partial charge in [-0.15, -0.1) is 0 Å². The van der Waals surface area contributed by atoms with E-state index in [1.807, 2.05) is 62.4 Å². The zero-order valence-corrected chi connectivity index (χ0v) is 14.8. The van der Waals surface area contributed by atoms with Crippen molar-refractivity contribution in [2.75, 3.05) is 25.1 Å². The Morgan fingerprint density at radius 3 is 2.40 bits per heavy atom. The fourth-order valence-corrected chi connectivity index (χ4v) is 2.52. The number of carbonyl (C=O) groups is 1. The Hall–Kier alpha value is -3.02. The number of rotatable bonds is 5. The molecule has 0 unspecified atom stereocenters. The van der Waals surface area contributed by atoms with E-state index in [1.165, 1.54) is 4.90 Å².